The molecule has 1 N–H and O–H groups in total. The number of hydrogen-bond donors (Lipinski definition) is 1. The van der Waals surface area contributed by atoms with Gasteiger partial charge in [0.25, 0.3) is 0 Å². The third kappa shape index (κ3) is 3.05. The molecule has 7 heteroatoms. The minimum atomic E-state index is -2.14. The summed E-state index contributed by atoms with van der Waals surface area (Å²) in [7, 11) is 0. The van der Waals surface area contributed by atoms with E-state index in [1.807, 2.05) is 37.0 Å². The summed E-state index contributed by atoms with van der Waals surface area (Å²) in [5.74, 6) is 0.758. The van der Waals surface area contributed by atoms with Gasteiger partial charge in [-0.1, -0.05) is 18.2 Å². The van der Waals surface area contributed by atoms with E-state index in [0.29, 0.717) is 0 Å². The van der Waals surface area contributed by atoms with Crippen molar-refractivity contribution in [2.45, 2.75) is 0 Å². The highest BCUT2D eigenvalue weighted by Crippen LogP contribution is 2.40. The molecule has 0 saturated heterocycles. The lowest BCUT2D eigenvalue weighted by Gasteiger charge is -2.20. The zero-order valence-electron chi connectivity index (χ0n) is 8.65. The molecule has 1 aromatic carbocycles. The maximum absolute atomic E-state index is 5.71. The summed E-state index contributed by atoms with van der Waals surface area (Å²) in [6, 6.07) is 9.49. The molecule has 2 aromatic rings. The minimum absolute atomic E-state index is 0.758. The van der Waals surface area contributed by atoms with Crippen LogP contribution in [0.1, 0.15) is 0 Å². The Morgan fingerprint density at radius 2 is 1.88 bits per heavy atom. The van der Waals surface area contributed by atoms with Crippen molar-refractivity contribution >= 4 is 18.2 Å². The summed E-state index contributed by atoms with van der Waals surface area (Å²) in [5, 5.41) is 10.4. The fourth-order valence-corrected chi connectivity index (χ4v) is 2.79. The summed E-state index contributed by atoms with van der Waals surface area (Å²) in [6.45, 7) is 1.86. The van der Waals surface area contributed by atoms with Gasteiger partial charge in [-0.15, -0.1) is 10.2 Å². The zero-order chi connectivity index (χ0) is 11.4. The number of hydrogen-bond acceptors (Lipinski definition) is 4. The second kappa shape index (κ2) is 4.63. The number of rotatable bonds is 4. The molecule has 0 aliphatic heterocycles. The molecule has 1 heterocycles. The Hall–Kier alpha value is -1.39. The molecule has 0 aliphatic carbocycles. The number of nitrogens with one attached hydrogen (secondary N) is 1. The zero-order valence-corrected chi connectivity index (χ0v) is 10.4. The standard InChI is InChI=1S/C9H11N4OPS/c1-15(16,12-13-7-10-11-8-13)14-9-5-3-2-4-6-9/h2-8H,1H3,(H,12,16)/t15-/m0/s1. The molecule has 84 valence electrons. The van der Waals surface area contributed by atoms with Crippen LogP contribution >= 0.6 is 6.42 Å². The third-order valence-corrected chi connectivity index (χ3v) is 3.36. The SMILES string of the molecule is C[P@](=S)(Nn1cnnc1)Oc1ccccc1. The first kappa shape index (κ1) is 11.1. The summed E-state index contributed by atoms with van der Waals surface area (Å²) in [6.07, 6.45) is 0.944. The normalized spacial score (nSPS) is 14.1. The molecule has 0 amide bonds. The second-order valence-electron chi connectivity index (χ2n) is 3.22. The van der Waals surface area contributed by atoms with Crippen molar-refractivity contribution in [3.8, 4) is 5.75 Å². The molecule has 2 rings (SSSR count). The summed E-state index contributed by atoms with van der Waals surface area (Å²) < 4.78 is 7.31. The van der Waals surface area contributed by atoms with Crippen LogP contribution in [0.4, 0.5) is 0 Å². The maximum Gasteiger partial charge on any atom is 0.213 e. The third-order valence-electron chi connectivity index (χ3n) is 1.74. The number of nitrogens with zero attached hydrogens (tertiary/aromatic N) is 3. The van der Waals surface area contributed by atoms with Crippen molar-refractivity contribution in [2.75, 3.05) is 11.9 Å². The molecule has 1 atom stereocenters. The Morgan fingerprint density at radius 1 is 1.25 bits per heavy atom. The van der Waals surface area contributed by atoms with Gasteiger partial charge in [0.15, 0.2) is 0 Å². The molecule has 0 unspecified atom stereocenters. The van der Waals surface area contributed by atoms with Crippen LogP contribution in [0.5, 0.6) is 5.75 Å². The van der Waals surface area contributed by atoms with E-state index in [2.05, 4.69) is 15.4 Å². The van der Waals surface area contributed by atoms with E-state index in [0.717, 1.165) is 5.75 Å². The van der Waals surface area contributed by atoms with Crippen LogP contribution in [-0.2, 0) is 11.8 Å². The lowest BCUT2D eigenvalue weighted by molar-refractivity contribution is 0.614. The van der Waals surface area contributed by atoms with E-state index in [9.17, 15) is 0 Å². The Balaban J connectivity index is 2.06. The van der Waals surface area contributed by atoms with Crippen LogP contribution in [0.25, 0.3) is 0 Å². The fourth-order valence-electron chi connectivity index (χ4n) is 1.17. The van der Waals surface area contributed by atoms with Gasteiger partial charge in [0, 0.05) is 6.66 Å². The van der Waals surface area contributed by atoms with Gasteiger partial charge in [0.1, 0.15) is 18.4 Å². The van der Waals surface area contributed by atoms with Crippen molar-refractivity contribution in [1.29, 1.82) is 0 Å². The van der Waals surface area contributed by atoms with E-state index < -0.39 is 6.42 Å². The molecule has 0 spiro atoms. The van der Waals surface area contributed by atoms with E-state index in [1.165, 1.54) is 0 Å². The molecular weight excluding hydrogens is 243 g/mol. The van der Waals surface area contributed by atoms with Crippen molar-refractivity contribution in [2.24, 2.45) is 0 Å². The van der Waals surface area contributed by atoms with Crippen LogP contribution in [0.2, 0.25) is 0 Å². The van der Waals surface area contributed by atoms with Gasteiger partial charge in [0.2, 0.25) is 6.42 Å². The molecular formula is C9H11N4OPS. The van der Waals surface area contributed by atoms with Crippen LogP contribution in [0.3, 0.4) is 0 Å². The number of benzene rings is 1. The topological polar surface area (TPSA) is 52.0 Å². The molecule has 16 heavy (non-hydrogen) atoms. The molecule has 5 nitrogen and oxygen atoms in total. The van der Waals surface area contributed by atoms with Crippen molar-refractivity contribution in [3.63, 3.8) is 0 Å². The summed E-state index contributed by atoms with van der Waals surface area (Å²) in [4.78, 5) is 0. The molecule has 0 fully saturated rings. The highest BCUT2D eigenvalue weighted by Gasteiger charge is 2.11. The first-order valence-corrected chi connectivity index (χ1v) is 7.77. The minimum Gasteiger partial charge on any atom is -0.448 e. The number of para-hydroxylation sites is 1. The van der Waals surface area contributed by atoms with Gasteiger partial charge in [0.05, 0.1) is 0 Å². The Bertz CT molecular complexity index is 487. The first-order chi connectivity index (χ1) is 7.66. The lowest BCUT2D eigenvalue weighted by Crippen LogP contribution is -2.12. The van der Waals surface area contributed by atoms with Crippen molar-refractivity contribution in [1.82, 2.24) is 14.9 Å². The van der Waals surface area contributed by atoms with E-state index in [1.54, 1.807) is 17.3 Å². The molecule has 0 radical (unpaired) electrons. The quantitative estimate of drug-likeness (QED) is 0.844. The van der Waals surface area contributed by atoms with Crippen LogP contribution in [0.15, 0.2) is 43.0 Å². The highest BCUT2D eigenvalue weighted by atomic mass is 32.4. The number of aromatic nitrogens is 3. The maximum atomic E-state index is 5.71. The average molecular weight is 254 g/mol. The van der Waals surface area contributed by atoms with Gasteiger partial charge >= 0.3 is 0 Å². The predicted molar refractivity (Wildman–Crippen MR) is 66.7 cm³/mol. The Morgan fingerprint density at radius 3 is 2.50 bits per heavy atom. The lowest BCUT2D eigenvalue weighted by atomic mass is 10.3. The molecule has 0 aliphatic rings. The van der Waals surface area contributed by atoms with Gasteiger partial charge in [-0.25, -0.2) is 4.68 Å². The van der Waals surface area contributed by atoms with Gasteiger partial charge in [-0.2, -0.15) is 0 Å². The van der Waals surface area contributed by atoms with Crippen molar-refractivity contribution < 1.29 is 4.52 Å². The molecule has 1 aromatic heterocycles. The highest BCUT2D eigenvalue weighted by molar-refractivity contribution is 8.12. The van der Waals surface area contributed by atoms with Crippen LogP contribution in [-0.4, -0.2) is 21.5 Å². The van der Waals surface area contributed by atoms with Gasteiger partial charge in [-0.3, -0.25) is 5.20 Å². The van der Waals surface area contributed by atoms with Gasteiger partial charge < -0.3 is 4.52 Å². The largest absolute Gasteiger partial charge is 0.448 e. The molecule has 0 saturated carbocycles. The van der Waals surface area contributed by atoms with E-state index in [4.69, 9.17) is 16.3 Å². The Kier molecular flexibility index (Phi) is 3.22. The van der Waals surface area contributed by atoms with Crippen molar-refractivity contribution in [3.05, 3.63) is 43.0 Å². The monoisotopic (exact) mass is 254 g/mol. The second-order valence-corrected chi connectivity index (χ2v) is 7.38. The summed E-state index contributed by atoms with van der Waals surface area (Å²) in [5.41, 5.74) is 0. The first-order valence-electron chi connectivity index (χ1n) is 4.61. The Labute approximate surface area is 98.6 Å². The fraction of sp³-hybridized carbons (Fsp3) is 0.111. The van der Waals surface area contributed by atoms with E-state index in [-0.39, 0.29) is 0 Å². The average Bonchev–Trinajstić information content (AvgIpc) is 2.70. The smallest absolute Gasteiger partial charge is 0.213 e. The predicted octanol–water partition coefficient (Wildman–Crippen LogP) is 1.84. The van der Waals surface area contributed by atoms with Crippen LogP contribution < -0.4 is 9.72 Å². The molecule has 0 bridgehead atoms. The van der Waals surface area contributed by atoms with E-state index >= 15 is 0 Å². The summed E-state index contributed by atoms with van der Waals surface area (Å²) >= 11 is 5.37. The van der Waals surface area contributed by atoms with Crippen LogP contribution in [0, 0.1) is 0 Å². The van der Waals surface area contributed by atoms with Gasteiger partial charge in [-0.05, 0) is 23.9 Å².